The predicted octanol–water partition coefficient (Wildman–Crippen LogP) is 1.71. The van der Waals surface area contributed by atoms with E-state index in [0.717, 1.165) is 0 Å². The SMILES string of the molecule is CCC(C)[C@H](O)[C@H](N)c1cc(O)ccc1[N+](=O)[O-]. The molecule has 100 valence electrons. The summed E-state index contributed by atoms with van der Waals surface area (Å²) in [7, 11) is 0. The molecule has 4 N–H and O–H groups in total. The quantitative estimate of drug-likeness (QED) is 0.547. The van der Waals surface area contributed by atoms with Crippen molar-refractivity contribution in [2.75, 3.05) is 0 Å². The molecule has 0 aliphatic rings. The Kier molecular flexibility index (Phi) is 4.63. The van der Waals surface area contributed by atoms with E-state index in [4.69, 9.17) is 5.73 Å². The Bertz CT molecular complexity index is 436. The van der Waals surface area contributed by atoms with Gasteiger partial charge in [0.2, 0.25) is 0 Å². The van der Waals surface area contributed by atoms with E-state index in [0.29, 0.717) is 6.42 Å². The van der Waals surface area contributed by atoms with Crippen LogP contribution < -0.4 is 5.73 Å². The molecule has 1 rings (SSSR count). The summed E-state index contributed by atoms with van der Waals surface area (Å²) in [6.07, 6.45) is -0.183. The topological polar surface area (TPSA) is 110 Å². The van der Waals surface area contributed by atoms with Crippen LogP contribution in [-0.4, -0.2) is 21.2 Å². The zero-order valence-corrected chi connectivity index (χ0v) is 10.4. The van der Waals surface area contributed by atoms with Crippen LogP contribution in [0.15, 0.2) is 18.2 Å². The van der Waals surface area contributed by atoms with Gasteiger partial charge in [-0.2, -0.15) is 0 Å². The summed E-state index contributed by atoms with van der Waals surface area (Å²) in [6.45, 7) is 3.72. The maximum Gasteiger partial charge on any atom is 0.274 e. The molecule has 0 radical (unpaired) electrons. The van der Waals surface area contributed by atoms with Crippen LogP contribution in [0.5, 0.6) is 5.75 Å². The number of nitro groups is 1. The molecule has 0 fully saturated rings. The molecule has 6 heteroatoms. The van der Waals surface area contributed by atoms with Crippen molar-refractivity contribution < 1.29 is 15.1 Å². The van der Waals surface area contributed by atoms with Gasteiger partial charge in [0.25, 0.3) is 5.69 Å². The van der Waals surface area contributed by atoms with E-state index in [1.807, 2.05) is 13.8 Å². The number of nitrogens with zero attached hydrogens (tertiary/aromatic N) is 1. The van der Waals surface area contributed by atoms with Gasteiger partial charge in [-0.25, -0.2) is 0 Å². The van der Waals surface area contributed by atoms with Gasteiger partial charge in [-0.15, -0.1) is 0 Å². The summed E-state index contributed by atoms with van der Waals surface area (Å²) in [5.74, 6) is -0.190. The lowest BCUT2D eigenvalue weighted by molar-refractivity contribution is -0.385. The molecule has 0 saturated carbocycles. The first-order valence-electron chi connectivity index (χ1n) is 5.79. The van der Waals surface area contributed by atoms with Crippen molar-refractivity contribution in [3.05, 3.63) is 33.9 Å². The van der Waals surface area contributed by atoms with Crippen LogP contribution in [0.4, 0.5) is 5.69 Å². The van der Waals surface area contributed by atoms with E-state index in [9.17, 15) is 20.3 Å². The van der Waals surface area contributed by atoms with E-state index < -0.39 is 17.1 Å². The summed E-state index contributed by atoms with van der Waals surface area (Å²) < 4.78 is 0. The molecule has 1 aromatic rings. The second kappa shape index (κ2) is 5.79. The van der Waals surface area contributed by atoms with Gasteiger partial charge in [0.05, 0.1) is 22.6 Å². The molecular formula is C12H18N2O4. The van der Waals surface area contributed by atoms with Crippen molar-refractivity contribution in [2.45, 2.75) is 32.4 Å². The highest BCUT2D eigenvalue weighted by Gasteiger charge is 2.28. The van der Waals surface area contributed by atoms with E-state index in [-0.39, 0.29) is 22.9 Å². The fourth-order valence-corrected chi connectivity index (χ4v) is 1.75. The third-order valence-electron chi connectivity index (χ3n) is 3.16. The van der Waals surface area contributed by atoms with E-state index in [2.05, 4.69) is 0 Å². The number of aromatic hydroxyl groups is 1. The second-order valence-corrected chi connectivity index (χ2v) is 4.40. The zero-order valence-electron chi connectivity index (χ0n) is 10.4. The molecule has 18 heavy (non-hydrogen) atoms. The van der Waals surface area contributed by atoms with Gasteiger partial charge >= 0.3 is 0 Å². The molecule has 0 aliphatic heterocycles. The van der Waals surface area contributed by atoms with Crippen LogP contribution in [0.25, 0.3) is 0 Å². The third-order valence-corrected chi connectivity index (χ3v) is 3.16. The highest BCUT2D eigenvalue weighted by atomic mass is 16.6. The van der Waals surface area contributed by atoms with Crippen molar-refractivity contribution in [3.63, 3.8) is 0 Å². The fraction of sp³-hybridized carbons (Fsp3) is 0.500. The number of hydrogen-bond acceptors (Lipinski definition) is 5. The summed E-state index contributed by atoms with van der Waals surface area (Å²) >= 11 is 0. The Balaban J connectivity index is 3.14. The molecule has 0 bridgehead atoms. The molecule has 0 spiro atoms. The minimum absolute atomic E-state index is 0.0815. The second-order valence-electron chi connectivity index (χ2n) is 4.40. The smallest absolute Gasteiger partial charge is 0.274 e. The zero-order chi connectivity index (χ0) is 13.9. The number of phenols is 1. The highest BCUT2D eigenvalue weighted by Crippen LogP contribution is 2.31. The molecule has 3 atom stereocenters. The predicted molar refractivity (Wildman–Crippen MR) is 67.2 cm³/mol. The van der Waals surface area contributed by atoms with Gasteiger partial charge in [-0.1, -0.05) is 20.3 Å². The first-order chi connectivity index (χ1) is 8.38. The Labute approximate surface area is 105 Å². The number of rotatable bonds is 5. The molecule has 1 unspecified atom stereocenters. The average Bonchev–Trinajstić information content (AvgIpc) is 2.35. The van der Waals surface area contributed by atoms with E-state index >= 15 is 0 Å². The lowest BCUT2D eigenvalue weighted by Crippen LogP contribution is -2.32. The first-order valence-corrected chi connectivity index (χ1v) is 5.79. The molecule has 0 saturated heterocycles. The van der Waals surface area contributed by atoms with Gasteiger partial charge in [-0.3, -0.25) is 10.1 Å². The van der Waals surface area contributed by atoms with Crippen molar-refractivity contribution in [2.24, 2.45) is 11.7 Å². The van der Waals surface area contributed by atoms with Crippen molar-refractivity contribution >= 4 is 5.69 Å². The van der Waals surface area contributed by atoms with Gasteiger partial charge in [0, 0.05) is 6.07 Å². The molecule has 0 aliphatic carbocycles. The standard InChI is InChI=1S/C12H18N2O4/c1-3-7(2)12(16)11(13)9-6-8(15)4-5-10(9)14(17)18/h4-7,11-12,15-16H,3,13H2,1-2H3/t7?,11-,12+/m1/s1. The van der Waals surface area contributed by atoms with E-state index in [1.54, 1.807) is 0 Å². The normalized spacial score (nSPS) is 16.0. The van der Waals surface area contributed by atoms with Gasteiger partial charge in [-0.05, 0) is 18.1 Å². The van der Waals surface area contributed by atoms with Gasteiger partial charge in [0.15, 0.2) is 0 Å². The largest absolute Gasteiger partial charge is 0.508 e. The van der Waals surface area contributed by atoms with Crippen LogP contribution in [0.1, 0.15) is 31.9 Å². The molecule has 0 heterocycles. The average molecular weight is 254 g/mol. The molecule has 0 aromatic heterocycles. The summed E-state index contributed by atoms with van der Waals surface area (Å²) in [5, 5.41) is 30.3. The highest BCUT2D eigenvalue weighted by molar-refractivity contribution is 5.47. The number of phenolic OH excluding ortho intramolecular Hbond substituents is 1. The van der Waals surface area contributed by atoms with Crippen LogP contribution in [0, 0.1) is 16.0 Å². The first kappa shape index (κ1) is 14.4. The van der Waals surface area contributed by atoms with Crippen molar-refractivity contribution in [3.8, 4) is 5.75 Å². The fourth-order valence-electron chi connectivity index (χ4n) is 1.75. The monoisotopic (exact) mass is 254 g/mol. The number of benzene rings is 1. The molecule has 1 aromatic carbocycles. The van der Waals surface area contributed by atoms with Gasteiger partial charge in [0.1, 0.15) is 5.75 Å². The van der Waals surface area contributed by atoms with Crippen LogP contribution in [0.3, 0.4) is 0 Å². The van der Waals surface area contributed by atoms with Crippen LogP contribution in [-0.2, 0) is 0 Å². The number of hydrogen-bond donors (Lipinski definition) is 3. The maximum absolute atomic E-state index is 10.9. The number of nitro benzene ring substituents is 1. The minimum Gasteiger partial charge on any atom is -0.508 e. The molecule has 6 nitrogen and oxygen atoms in total. The lowest BCUT2D eigenvalue weighted by atomic mass is 9.91. The van der Waals surface area contributed by atoms with Crippen LogP contribution in [0.2, 0.25) is 0 Å². The van der Waals surface area contributed by atoms with Crippen molar-refractivity contribution in [1.82, 2.24) is 0 Å². The number of nitrogens with two attached hydrogens (primary N) is 1. The molecular weight excluding hydrogens is 236 g/mol. The van der Waals surface area contributed by atoms with E-state index in [1.165, 1.54) is 18.2 Å². The Morgan fingerprint density at radius 3 is 2.61 bits per heavy atom. The Morgan fingerprint density at radius 1 is 1.50 bits per heavy atom. The molecule has 0 amide bonds. The Morgan fingerprint density at radius 2 is 2.11 bits per heavy atom. The number of aliphatic hydroxyl groups excluding tert-OH is 1. The Hall–Kier alpha value is -1.66. The number of aliphatic hydroxyl groups is 1. The lowest BCUT2D eigenvalue weighted by Gasteiger charge is -2.24. The minimum atomic E-state index is -0.896. The third kappa shape index (κ3) is 2.96. The van der Waals surface area contributed by atoms with Crippen molar-refractivity contribution in [1.29, 1.82) is 0 Å². The van der Waals surface area contributed by atoms with Gasteiger partial charge < -0.3 is 15.9 Å². The summed E-state index contributed by atoms with van der Waals surface area (Å²) in [6, 6.07) is 2.75. The maximum atomic E-state index is 10.9. The summed E-state index contributed by atoms with van der Waals surface area (Å²) in [4.78, 5) is 10.3. The summed E-state index contributed by atoms with van der Waals surface area (Å²) in [5.41, 5.74) is 5.81. The van der Waals surface area contributed by atoms with Crippen LogP contribution >= 0.6 is 0 Å².